The molecule has 10 heteroatoms. The molecule has 0 saturated heterocycles. The van der Waals surface area contributed by atoms with E-state index in [2.05, 4.69) is 43.5 Å². The van der Waals surface area contributed by atoms with E-state index < -0.39 is 26.5 Å². The third-order valence-corrected chi connectivity index (χ3v) is 11.9. The van der Waals surface area contributed by atoms with Gasteiger partial charge in [0.1, 0.15) is 12.7 Å². The molecule has 0 aliphatic rings. The van der Waals surface area contributed by atoms with Gasteiger partial charge in [0.2, 0.25) is 5.91 Å². The van der Waals surface area contributed by atoms with Crippen LogP contribution in [0.2, 0.25) is 0 Å². The molecule has 0 aliphatic heterocycles. The molecule has 2 atom stereocenters. The fourth-order valence-electron chi connectivity index (χ4n) is 7.12. The number of unbranched alkanes of at least 4 members (excludes halogenated alkanes) is 30. The Morgan fingerprint density at radius 2 is 0.915 bits per heavy atom. The van der Waals surface area contributed by atoms with Crippen LogP contribution in [-0.4, -0.2) is 54.3 Å². The normalized spacial score (nSPS) is 13.4. The Morgan fingerprint density at radius 3 is 1.37 bits per heavy atom. The highest BCUT2D eigenvalue weighted by Gasteiger charge is 2.23. The zero-order valence-electron chi connectivity index (χ0n) is 38.5. The van der Waals surface area contributed by atoms with E-state index in [1.54, 1.807) is 0 Å². The number of allylic oxidation sites excluding steroid dienone is 4. The number of ether oxygens (including phenoxy) is 1. The Bertz CT molecular complexity index is 1020. The highest BCUT2D eigenvalue weighted by atomic mass is 31.2. The van der Waals surface area contributed by atoms with Gasteiger partial charge in [-0.1, -0.05) is 212 Å². The summed E-state index contributed by atoms with van der Waals surface area (Å²) in [6, 6.07) is 0. The van der Waals surface area contributed by atoms with Gasteiger partial charge >= 0.3 is 13.8 Å². The van der Waals surface area contributed by atoms with Crippen LogP contribution in [0.15, 0.2) is 24.3 Å². The van der Waals surface area contributed by atoms with Crippen molar-refractivity contribution in [3.63, 3.8) is 0 Å². The maximum atomic E-state index is 12.1. The number of hydrogen-bond donors (Lipinski definition) is 3. The molecule has 59 heavy (non-hydrogen) atoms. The molecule has 0 heterocycles. The molecule has 348 valence electrons. The van der Waals surface area contributed by atoms with E-state index in [1.807, 2.05) is 0 Å². The summed E-state index contributed by atoms with van der Waals surface area (Å²) in [5, 5.41) is 12.7. The van der Waals surface area contributed by atoms with Crippen molar-refractivity contribution in [1.82, 2.24) is 5.32 Å². The van der Waals surface area contributed by atoms with Gasteiger partial charge in [-0.3, -0.25) is 18.6 Å². The molecule has 0 aromatic carbocycles. The molecule has 0 saturated carbocycles. The average Bonchev–Trinajstić information content (AvgIpc) is 3.22. The summed E-state index contributed by atoms with van der Waals surface area (Å²) in [7, 11) is -4.42. The second kappa shape index (κ2) is 46.0. The van der Waals surface area contributed by atoms with E-state index in [1.165, 1.54) is 154 Å². The van der Waals surface area contributed by atoms with E-state index in [0.29, 0.717) is 6.42 Å². The van der Waals surface area contributed by atoms with Gasteiger partial charge in [0.25, 0.3) is 0 Å². The monoisotopic (exact) mass is 856 g/mol. The zero-order valence-corrected chi connectivity index (χ0v) is 39.4. The molecule has 0 spiro atoms. The average molecular weight is 856 g/mol. The summed E-state index contributed by atoms with van der Waals surface area (Å²) >= 11 is 0. The van der Waals surface area contributed by atoms with E-state index in [4.69, 9.17) is 13.8 Å². The third kappa shape index (κ3) is 47.4. The lowest BCUT2D eigenvalue weighted by molar-refractivity contribution is -0.147. The van der Waals surface area contributed by atoms with Gasteiger partial charge < -0.3 is 20.1 Å². The maximum absolute atomic E-state index is 12.1. The van der Waals surface area contributed by atoms with E-state index in [-0.39, 0.29) is 32.1 Å². The lowest BCUT2D eigenvalue weighted by atomic mass is 10.0. The lowest BCUT2D eigenvalue weighted by Crippen LogP contribution is -2.27. The number of aliphatic hydroxyl groups excluding tert-OH is 1. The third-order valence-electron chi connectivity index (χ3n) is 10.9. The summed E-state index contributed by atoms with van der Waals surface area (Å²) in [5.41, 5.74) is 0. The Kier molecular flexibility index (Phi) is 44.8. The summed E-state index contributed by atoms with van der Waals surface area (Å²) in [4.78, 5) is 34.0. The summed E-state index contributed by atoms with van der Waals surface area (Å²) in [5.74, 6) is -0.520. The smallest absolute Gasteiger partial charge is 0.463 e. The topological polar surface area (TPSA) is 131 Å². The van der Waals surface area contributed by atoms with Gasteiger partial charge in [-0.2, -0.15) is 0 Å². The fraction of sp³-hybridized carbons (Fsp3) is 0.878. The predicted octanol–water partition coefficient (Wildman–Crippen LogP) is 14.3. The van der Waals surface area contributed by atoms with Crippen LogP contribution in [-0.2, 0) is 27.9 Å². The Labute approximate surface area is 363 Å². The van der Waals surface area contributed by atoms with Gasteiger partial charge in [0.15, 0.2) is 0 Å². The van der Waals surface area contributed by atoms with Gasteiger partial charge in [-0.25, -0.2) is 4.57 Å². The molecule has 0 aromatic heterocycles. The first-order valence-corrected chi connectivity index (χ1v) is 26.3. The van der Waals surface area contributed by atoms with Crippen LogP contribution in [0, 0.1) is 0 Å². The number of carbonyl (C=O) groups excluding carboxylic acids is 2. The summed E-state index contributed by atoms with van der Waals surface area (Å²) in [6.45, 7) is 3.56. The molecule has 0 bridgehead atoms. The van der Waals surface area contributed by atoms with E-state index in [0.717, 1.165) is 64.2 Å². The van der Waals surface area contributed by atoms with Crippen LogP contribution in [0.25, 0.3) is 0 Å². The molecular weight excluding hydrogens is 762 g/mol. The number of phosphoric acid groups is 1. The molecule has 2 unspecified atom stereocenters. The Morgan fingerprint density at radius 1 is 0.525 bits per heavy atom. The van der Waals surface area contributed by atoms with Crippen molar-refractivity contribution in [2.75, 3.05) is 26.4 Å². The highest BCUT2D eigenvalue weighted by molar-refractivity contribution is 7.47. The van der Waals surface area contributed by atoms with Crippen LogP contribution < -0.4 is 5.32 Å². The minimum absolute atomic E-state index is 0.0762. The Hall–Kier alpha value is -1.51. The number of carbonyl (C=O) groups is 2. The van der Waals surface area contributed by atoms with Crippen LogP contribution in [0.1, 0.15) is 245 Å². The first-order chi connectivity index (χ1) is 28.8. The minimum atomic E-state index is -4.42. The van der Waals surface area contributed by atoms with Crippen LogP contribution in [0.3, 0.4) is 0 Å². The van der Waals surface area contributed by atoms with Crippen molar-refractivity contribution in [3.8, 4) is 0 Å². The first-order valence-electron chi connectivity index (χ1n) is 24.8. The number of amides is 1. The Balaban J connectivity index is 3.54. The molecule has 1 amide bonds. The predicted molar refractivity (Wildman–Crippen MR) is 248 cm³/mol. The maximum Gasteiger partial charge on any atom is 0.472 e. The van der Waals surface area contributed by atoms with Crippen molar-refractivity contribution in [2.45, 2.75) is 251 Å². The molecule has 0 radical (unpaired) electrons. The van der Waals surface area contributed by atoms with Crippen molar-refractivity contribution < 1.29 is 37.9 Å². The van der Waals surface area contributed by atoms with Crippen molar-refractivity contribution in [3.05, 3.63) is 24.3 Å². The summed E-state index contributed by atoms with van der Waals surface area (Å²) < 4.78 is 27.0. The SMILES string of the molecule is CCCCCC/C=C\C/C=C\CCCCCCCC(=O)NCCOP(=O)(O)OCC(O)COC(=O)CCCCCCCCCCCCCCCCCCCCCCCC. The largest absolute Gasteiger partial charge is 0.472 e. The van der Waals surface area contributed by atoms with Gasteiger partial charge in [0, 0.05) is 19.4 Å². The zero-order chi connectivity index (χ0) is 43.2. The standard InChI is InChI=1S/C49H94NO8P/c1-3-5-7-9-11-13-15-17-19-21-22-23-24-25-26-28-30-32-34-36-38-40-42-49(53)56-45-47(51)46-58-59(54,55)57-44-43-50-48(52)41-39-37-35-33-31-29-27-20-18-16-14-12-10-8-6-4-2/h14,16,20,27,47,51H,3-13,15,17-19,21-26,28-46H2,1-2H3,(H,50,52)(H,54,55)/b16-14-,27-20-. The van der Waals surface area contributed by atoms with Crippen LogP contribution >= 0.6 is 7.82 Å². The van der Waals surface area contributed by atoms with Crippen molar-refractivity contribution >= 4 is 19.7 Å². The van der Waals surface area contributed by atoms with Crippen molar-refractivity contribution in [1.29, 1.82) is 0 Å². The minimum Gasteiger partial charge on any atom is -0.463 e. The van der Waals surface area contributed by atoms with Crippen LogP contribution in [0.4, 0.5) is 0 Å². The molecule has 9 nitrogen and oxygen atoms in total. The number of nitrogens with one attached hydrogen (secondary N) is 1. The number of hydrogen-bond acceptors (Lipinski definition) is 7. The molecule has 0 rings (SSSR count). The lowest BCUT2D eigenvalue weighted by Gasteiger charge is -2.15. The molecule has 3 N–H and O–H groups in total. The quantitative estimate of drug-likeness (QED) is 0.0239. The second-order valence-corrected chi connectivity index (χ2v) is 18.2. The van der Waals surface area contributed by atoms with Gasteiger partial charge in [-0.15, -0.1) is 0 Å². The number of esters is 1. The fourth-order valence-corrected chi connectivity index (χ4v) is 7.88. The summed E-state index contributed by atoms with van der Waals surface area (Å²) in [6.07, 6.45) is 51.2. The highest BCUT2D eigenvalue weighted by Crippen LogP contribution is 2.42. The molecule has 0 fully saturated rings. The number of rotatable bonds is 47. The number of aliphatic hydroxyl groups is 1. The van der Waals surface area contributed by atoms with Gasteiger partial charge in [0.05, 0.1) is 13.2 Å². The molecule has 0 aromatic rings. The first kappa shape index (κ1) is 57.5. The van der Waals surface area contributed by atoms with E-state index in [9.17, 15) is 24.2 Å². The second-order valence-electron chi connectivity index (χ2n) is 16.8. The van der Waals surface area contributed by atoms with Gasteiger partial charge in [-0.05, 0) is 44.9 Å². The van der Waals surface area contributed by atoms with E-state index >= 15 is 0 Å². The number of phosphoric ester groups is 1. The van der Waals surface area contributed by atoms with Crippen molar-refractivity contribution in [2.24, 2.45) is 0 Å². The van der Waals surface area contributed by atoms with Crippen LogP contribution in [0.5, 0.6) is 0 Å². The molecule has 0 aliphatic carbocycles. The molecular formula is C49H94NO8P.